The van der Waals surface area contributed by atoms with Crippen molar-refractivity contribution in [3.63, 3.8) is 0 Å². The van der Waals surface area contributed by atoms with Crippen molar-refractivity contribution in [2.45, 2.75) is 0 Å². The number of amides is 1. The number of aryl methyl sites for hydroxylation is 1. The Bertz CT molecular complexity index is 1200. The SMILES string of the molecule is Cn1cnn(-c2ccc(NC(=O)c3ccccc3Oc3cccnc3)cc2)c1=O. The zero-order valence-electron chi connectivity index (χ0n) is 15.5. The number of carbonyl (C=O) groups is 1. The molecule has 0 radical (unpaired) electrons. The molecule has 0 bridgehead atoms. The molecule has 0 aliphatic carbocycles. The second kappa shape index (κ2) is 7.81. The topological polar surface area (TPSA) is 91.0 Å². The predicted molar refractivity (Wildman–Crippen MR) is 108 cm³/mol. The van der Waals surface area contributed by atoms with E-state index in [1.807, 2.05) is 0 Å². The molecule has 0 aliphatic rings. The number of rotatable bonds is 5. The molecule has 29 heavy (non-hydrogen) atoms. The van der Waals surface area contributed by atoms with Gasteiger partial charge in [-0.2, -0.15) is 9.78 Å². The molecule has 144 valence electrons. The number of pyridine rings is 1. The summed E-state index contributed by atoms with van der Waals surface area (Å²) in [4.78, 5) is 28.7. The zero-order valence-corrected chi connectivity index (χ0v) is 15.5. The van der Waals surface area contributed by atoms with Crippen LogP contribution in [0.15, 0.2) is 84.2 Å². The number of hydrogen-bond donors (Lipinski definition) is 1. The lowest BCUT2D eigenvalue weighted by Gasteiger charge is -2.11. The summed E-state index contributed by atoms with van der Waals surface area (Å²) in [7, 11) is 1.63. The molecule has 0 spiro atoms. The Hall–Kier alpha value is -4.20. The zero-order chi connectivity index (χ0) is 20.2. The Morgan fingerprint density at radius 3 is 2.52 bits per heavy atom. The van der Waals surface area contributed by atoms with Gasteiger partial charge in [0.05, 0.1) is 17.4 Å². The van der Waals surface area contributed by atoms with Crippen molar-refractivity contribution >= 4 is 11.6 Å². The number of aromatic nitrogens is 4. The molecule has 0 saturated carbocycles. The molecule has 0 fully saturated rings. The number of hydrogen-bond acceptors (Lipinski definition) is 5. The number of carbonyl (C=O) groups excluding carboxylic acids is 1. The Morgan fingerprint density at radius 2 is 1.83 bits per heavy atom. The van der Waals surface area contributed by atoms with Crippen LogP contribution in [0.1, 0.15) is 10.4 Å². The normalized spacial score (nSPS) is 10.5. The number of nitrogens with one attached hydrogen (secondary N) is 1. The molecule has 2 heterocycles. The minimum Gasteiger partial charge on any atom is -0.455 e. The van der Waals surface area contributed by atoms with Gasteiger partial charge in [-0.1, -0.05) is 12.1 Å². The van der Waals surface area contributed by atoms with E-state index in [1.54, 1.807) is 80.1 Å². The van der Waals surface area contributed by atoms with Gasteiger partial charge in [0.2, 0.25) is 0 Å². The van der Waals surface area contributed by atoms with Crippen molar-refractivity contribution in [1.29, 1.82) is 0 Å². The lowest BCUT2D eigenvalue weighted by molar-refractivity contribution is 0.102. The quantitative estimate of drug-likeness (QED) is 0.568. The molecule has 8 heteroatoms. The number of para-hydroxylation sites is 1. The molecular formula is C21H17N5O3. The lowest BCUT2D eigenvalue weighted by atomic mass is 10.1. The van der Waals surface area contributed by atoms with Gasteiger partial charge in [-0.3, -0.25) is 14.3 Å². The van der Waals surface area contributed by atoms with E-state index >= 15 is 0 Å². The van der Waals surface area contributed by atoms with Gasteiger partial charge in [-0.25, -0.2) is 4.79 Å². The number of ether oxygens (including phenoxy) is 1. The standard InChI is InChI=1S/C21H17N5O3/c1-25-14-23-26(21(25)28)16-10-8-15(9-11-16)24-20(27)18-6-2-3-7-19(18)29-17-5-4-12-22-13-17/h2-14H,1H3,(H,24,27). The molecule has 2 aromatic carbocycles. The summed E-state index contributed by atoms with van der Waals surface area (Å²) in [6.07, 6.45) is 4.67. The van der Waals surface area contributed by atoms with Gasteiger partial charge in [-0.05, 0) is 48.5 Å². The van der Waals surface area contributed by atoms with Crippen molar-refractivity contribution in [3.05, 3.63) is 95.4 Å². The van der Waals surface area contributed by atoms with Crippen LogP contribution in [-0.4, -0.2) is 25.2 Å². The molecule has 0 saturated heterocycles. The van der Waals surface area contributed by atoms with Crippen LogP contribution in [-0.2, 0) is 7.05 Å². The first-order chi connectivity index (χ1) is 14.1. The molecule has 8 nitrogen and oxygen atoms in total. The highest BCUT2D eigenvalue weighted by Crippen LogP contribution is 2.25. The average molecular weight is 387 g/mol. The fraction of sp³-hybridized carbons (Fsp3) is 0.0476. The second-order valence-electron chi connectivity index (χ2n) is 6.22. The van der Waals surface area contributed by atoms with E-state index in [4.69, 9.17) is 4.74 Å². The van der Waals surface area contributed by atoms with E-state index < -0.39 is 0 Å². The van der Waals surface area contributed by atoms with Crippen LogP contribution in [0.2, 0.25) is 0 Å². The summed E-state index contributed by atoms with van der Waals surface area (Å²) >= 11 is 0. The van der Waals surface area contributed by atoms with E-state index in [0.29, 0.717) is 28.4 Å². The minimum atomic E-state index is -0.313. The van der Waals surface area contributed by atoms with E-state index in [2.05, 4.69) is 15.4 Å². The van der Waals surface area contributed by atoms with Crippen LogP contribution in [0, 0.1) is 0 Å². The van der Waals surface area contributed by atoms with E-state index in [9.17, 15) is 9.59 Å². The molecule has 1 N–H and O–H groups in total. The summed E-state index contributed by atoms with van der Waals surface area (Å²) in [6.45, 7) is 0. The average Bonchev–Trinajstić information content (AvgIpc) is 3.08. The molecular weight excluding hydrogens is 370 g/mol. The molecule has 4 aromatic rings. The third kappa shape index (κ3) is 3.91. The highest BCUT2D eigenvalue weighted by Gasteiger charge is 2.13. The molecule has 4 rings (SSSR count). The third-order valence-corrected chi connectivity index (χ3v) is 4.19. The summed E-state index contributed by atoms with van der Waals surface area (Å²) in [5, 5.41) is 6.87. The Morgan fingerprint density at radius 1 is 1.03 bits per heavy atom. The largest absolute Gasteiger partial charge is 0.455 e. The maximum atomic E-state index is 12.8. The number of nitrogens with zero attached hydrogens (tertiary/aromatic N) is 4. The van der Waals surface area contributed by atoms with E-state index in [1.165, 1.54) is 15.6 Å². The summed E-state index contributed by atoms with van der Waals surface area (Å²) in [5.74, 6) is 0.653. The third-order valence-electron chi connectivity index (χ3n) is 4.19. The Labute approximate surface area is 166 Å². The minimum absolute atomic E-state index is 0.247. The van der Waals surface area contributed by atoms with Crippen LogP contribution < -0.4 is 15.7 Å². The maximum Gasteiger partial charge on any atom is 0.350 e. The van der Waals surface area contributed by atoms with Gasteiger partial charge >= 0.3 is 5.69 Å². The summed E-state index contributed by atoms with van der Waals surface area (Å²) < 4.78 is 8.45. The first kappa shape index (κ1) is 18.2. The summed E-state index contributed by atoms with van der Waals surface area (Å²) in [5.41, 5.74) is 1.33. The smallest absolute Gasteiger partial charge is 0.350 e. The van der Waals surface area contributed by atoms with Gasteiger partial charge in [0.25, 0.3) is 5.91 Å². The van der Waals surface area contributed by atoms with Crippen LogP contribution in [0.3, 0.4) is 0 Å². The van der Waals surface area contributed by atoms with Crippen molar-refractivity contribution in [2.24, 2.45) is 7.05 Å². The first-order valence-corrected chi connectivity index (χ1v) is 8.81. The van der Waals surface area contributed by atoms with Gasteiger partial charge in [0.15, 0.2) is 0 Å². The second-order valence-corrected chi connectivity index (χ2v) is 6.22. The number of anilines is 1. The summed E-state index contributed by atoms with van der Waals surface area (Å²) in [6, 6.07) is 17.3. The molecule has 0 atom stereocenters. The Kier molecular flexibility index (Phi) is 4.90. The van der Waals surface area contributed by atoms with Gasteiger partial charge in [0, 0.05) is 18.9 Å². The lowest BCUT2D eigenvalue weighted by Crippen LogP contribution is -2.21. The van der Waals surface area contributed by atoms with Gasteiger partial charge in [0.1, 0.15) is 17.8 Å². The number of benzene rings is 2. The molecule has 2 aromatic heterocycles. The monoisotopic (exact) mass is 387 g/mol. The van der Waals surface area contributed by atoms with Crippen molar-refractivity contribution in [1.82, 2.24) is 19.3 Å². The molecule has 0 unspecified atom stereocenters. The van der Waals surface area contributed by atoms with Crippen LogP contribution in [0.4, 0.5) is 5.69 Å². The van der Waals surface area contributed by atoms with Crippen molar-refractivity contribution < 1.29 is 9.53 Å². The highest BCUT2D eigenvalue weighted by molar-refractivity contribution is 6.06. The van der Waals surface area contributed by atoms with E-state index in [0.717, 1.165) is 0 Å². The van der Waals surface area contributed by atoms with Gasteiger partial charge < -0.3 is 10.1 Å². The van der Waals surface area contributed by atoms with Crippen molar-refractivity contribution in [3.8, 4) is 17.2 Å². The van der Waals surface area contributed by atoms with Crippen molar-refractivity contribution in [2.75, 3.05) is 5.32 Å². The fourth-order valence-corrected chi connectivity index (χ4v) is 2.72. The Balaban J connectivity index is 1.53. The van der Waals surface area contributed by atoms with Crippen LogP contribution in [0.25, 0.3) is 5.69 Å². The fourth-order valence-electron chi connectivity index (χ4n) is 2.72. The molecule has 0 aliphatic heterocycles. The maximum absolute atomic E-state index is 12.8. The highest BCUT2D eigenvalue weighted by atomic mass is 16.5. The molecule has 1 amide bonds. The predicted octanol–water partition coefficient (Wildman–Crippen LogP) is 3.01. The van der Waals surface area contributed by atoms with E-state index in [-0.39, 0.29) is 11.6 Å². The van der Waals surface area contributed by atoms with Crippen LogP contribution in [0.5, 0.6) is 11.5 Å². The van der Waals surface area contributed by atoms with Gasteiger partial charge in [-0.15, -0.1) is 0 Å². The first-order valence-electron chi connectivity index (χ1n) is 8.81. The van der Waals surface area contributed by atoms with Crippen LogP contribution >= 0.6 is 0 Å².